The lowest BCUT2D eigenvalue weighted by atomic mass is 9.73. The van der Waals surface area contributed by atoms with Crippen LogP contribution in [-0.4, -0.2) is 72.6 Å². The molecular formula is C20H30N6O3. The number of likely N-dealkylation sites (tertiary alicyclic amines) is 1. The minimum atomic E-state index is -0.782. The number of aliphatic hydroxyl groups excluding tert-OH is 1. The number of carbonyl (C=O) groups is 1. The molecule has 2 aliphatic heterocycles. The molecule has 2 aromatic rings. The van der Waals surface area contributed by atoms with Crippen molar-refractivity contribution in [3.05, 3.63) is 36.2 Å². The van der Waals surface area contributed by atoms with Crippen molar-refractivity contribution in [1.29, 1.82) is 0 Å². The highest BCUT2D eigenvalue weighted by molar-refractivity contribution is 5.92. The second kappa shape index (κ2) is 7.89. The molecule has 0 aromatic carbocycles. The Bertz CT molecular complexity index is 827. The van der Waals surface area contributed by atoms with Crippen molar-refractivity contribution in [3.63, 3.8) is 0 Å². The van der Waals surface area contributed by atoms with E-state index in [1.807, 2.05) is 20.0 Å². The average molecular weight is 402 g/mol. The normalized spacial score (nSPS) is 27.2. The summed E-state index contributed by atoms with van der Waals surface area (Å²) in [5.74, 6) is -0.257. The van der Waals surface area contributed by atoms with Crippen LogP contribution in [0.5, 0.6) is 0 Å². The van der Waals surface area contributed by atoms with Crippen LogP contribution in [-0.2, 0) is 17.8 Å². The van der Waals surface area contributed by atoms with Gasteiger partial charge in [-0.05, 0) is 39.2 Å². The third kappa shape index (κ3) is 3.94. The van der Waals surface area contributed by atoms with Crippen LogP contribution < -0.4 is 5.32 Å². The number of carbonyl (C=O) groups excluding carboxylic acids is 1. The van der Waals surface area contributed by atoms with Gasteiger partial charge in [-0.2, -0.15) is 5.10 Å². The molecule has 0 unspecified atom stereocenters. The van der Waals surface area contributed by atoms with Crippen LogP contribution in [0.25, 0.3) is 0 Å². The zero-order chi connectivity index (χ0) is 20.5. The lowest BCUT2D eigenvalue weighted by Gasteiger charge is -2.53. The van der Waals surface area contributed by atoms with E-state index in [0.29, 0.717) is 25.3 Å². The van der Waals surface area contributed by atoms with Crippen LogP contribution in [0.1, 0.15) is 49.3 Å². The number of aromatic nitrogens is 4. The Morgan fingerprint density at radius 3 is 2.86 bits per heavy atom. The Labute approximate surface area is 170 Å². The fourth-order valence-corrected chi connectivity index (χ4v) is 4.50. The molecule has 0 saturated carbocycles. The Morgan fingerprint density at radius 1 is 1.41 bits per heavy atom. The molecule has 0 bridgehead atoms. The van der Waals surface area contributed by atoms with Crippen LogP contribution in [0, 0.1) is 0 Å². The van der Waals surface area contributed by atoms with E-state index in [2.05, 4.69) is 25.3 Å². The molecule has 0 radical (unpaired) electrons. The summed E-state index contributed by atoms with van der Waals surface area (Å²) in [4.78, 5) is 22.3. The number of aliphatic hydroxyl groups is 1. The first-order valence-corrected chi connectivity index (χ1v) is 10.3. The highest BCUT2D eigenvalue weighted by atomic mass is 16.5. The number of H-pyrrole nitrogens is 1. The van der Waals surface area contributed by atoms with Crippen LogP contribution in [0.3, 0.4) is 0 Å². The van der Waals surface area contributed by atoms with Crippen LogP contribution in [0.2, 0.25) is 0 Å². The molecule has 29 heavy (non-hydrogen) atoms. The van der Waals surface area contributed by atoms with Gasteiger partial charge in [0.1, 0.15) is 11.8 Å². The van der Waals surface area contributed by atoms with Crippen molar-refractivity contribution in [3.8, 4) is 0 Å². The topological polar surface area (TPSA) is 108 Å². The molecule has 3 N–H and O–H groups in total. The standard InChI is InChI=1S/C20H30N6O3/c1-3-26-8-4-16(24-26)17(27)23-19(2)7-11-29-20(18(19)28)5-9-25(10-6-20)13-15-12-21-14-22-15/h4,8,12,14,18,28H,3,5-7,9-11,13H2,1-2H3,(H,21,22)(H,23,27)/t18-,19+/m1/s1. The van der Waals surface area contributed by atoms with Crippen LogP contribution in [0.4, 0.5) is 0 Å². The Hall–Kier alpha value is -2.23. The molecule has 0 aliphatic carbocycles. The SMILES string of the molecule is CCn1ccc(C(=O)N[C@@]2(C)CCOC3(CCN(Cc4cnc[nH]4)CC3)[C@@H]2O)n1. The number of nitrogens with one attached hydrogen (secondary N) is 2. The predicted octanol–water partition coefficient (Wildman–Crippen LogP) is 0.931. The smallest absolute Gasteiger partial charge is 0.272 e. The van der Waals surface area contributed by atoms with Gasteiger partial charge >= 0.3 is 0 Å². The van der Waals surface area contributed by atoms with E-state index in [0.717, 1.165) is 38.2 Å². The van der Waals surface area contributed by atoms with Gasteiger partial charge in [0.2, 0.25) is 0 Å². The number of nitrogens with zero attached hydrogens (tertiary/aromatic N) is 4. The summed E-state index contributed by atoms with van der Waals surface area (Å²) >= 11 is 0. The zero-order valence-corrected chi connectivity index (χ0v) is 17.1. The monoisotopic (exact) mass is 402 g/mol. The third-order valence-corrected chi connectivity index (χ3v) is 6.36. The van der Waals surface area contributed by atoms with Crippen molar-refractivity contribution in [1.82, 2.24) is 30.0 Å². The number of amides is 1. The Kier molecular flexibility index (Phi) is 5.46. The maximum Gasteiger partial charge on any atom is 0.272 e. The lowest BCUT2D eigenvalue weighted by molar-refractivity contribution is -0.206. The van der Waals surface area contributed by atoms with Gasteiger partial charge in [0.15, 0.2) is 0 Å². The van der Waals surface area contributed by atoms with Gasteiger partial charge in [0.05, 0.1) is 17.5 Å². The van der Waals surface area contributed by atoms with Gasteiger partial charge in [-0.3, -0.25) is 14.4 Å². The Balaban J connectivity index is 1.41. The quantitative estimate of drug-likeness (QED) is 0.687. The summed E-state index contributed by atoms with van der Waals surface area (Å²) in [7, 11) is 0. The predicted molar refractivity (Wildman–Crippen MR) is 106 cm³/mol. The van der Waals surface area contributed by atoms with E-state index in [-0.39, 0.29) is 5.91 Å². The van der Waals surface area contributed by atoms with Crippen molar-refractivity contribution >= 4 is 5.91 Å². The molecule has 4 rings (SSSR count). The van der Waals surface area contributed by atoms with Gasteiger partial charge < -0.3 is 20.1 Å². The highest BCUT2D eigenvalue weighted by Crippen LogP contribution is 2.40. The maximum absolute atomic E-state index is 12.7. The fourth-order valence-electron chi connectivity index (χ4n) is 4.50. The van der Waals surface area contributed by atoms with Crippen molar-refractivity contribution in [2.75, 3.05) is 19.7 Å². The van der Waals surface area contributed by atoms with E-state index in [4.69, 9.17) is 4.74 Å². The number of imidazole rings is 1. The molecule has 9 heteroatoms. The first-order valence-electron chi connectivity index (χ1n) is 10.3. The lowest BCUT2D eigenvalue weighted by Crippen LogP contribution is -2.69. The van der Waals surface area contributed by atoms with E-state index in [9.17, 15) is 9.90 Å². The highest BCUT2D eigenvalue weighted by Gasteiger charge is 2.53. The number of hydrogen-bond donors (Lipinski definition) is 3. The molecule has 1 amide bonds. The number of rotatable bonds is 5. The summed E-state index contributed by atoms with van der Waals surface area (Å²) in [5.41, 5.74) is 0.0644. The second-order valence-electron chi connectivity index (χ2n) is 8.35. The number of aryl methyl sites for hydroxylation is 1. The molecule has 4 heterocycles. The first kappa shape index (κ1) is 20.1. The van der Waals surface area contributed by atoms with E-state index in [1.54, 1.807) is 23.3 Å². The number of piperidine rings is 1. The minimum Gasteiger partial charge on any atom is -0.388 e. The number of hydrogen-bond acceptors (Lipinski definition) is 6. The summed E-state index contributed by atoms with van der Waals surface area (Å²) in [6.07, 6.45) is 6.53. The van der Waals surface area contributed by atoms with E-state index >= 15 is 0 Å². The average Bonchev–Trinajstić information content (AvgIpc) is 3.40. The van der Waals surface area contributed by atoms with Crippen molar-refractivity contribution in [2.24, 2.45) is 0 Å². The maximum atomic E-state index is 12.7. The van der Waals surface area contributed by atoms with Gasteiger partial charge in [-0.25, -0.2) is 4.98 Å². The molecular weight excluding hydrogens is 372 g/mol. The Morgan fingerprint density at radius 2 is 2.21 bits per heavy atom. The molecule has 2 atom stereocenters. The molecule has 158 valence electrons. The van der Waals surface area contributed by atoms with Gasteiger partial charge in [0, 0.05) is 50.9 Å². The molecule has 2 saturated heterocycles. The molecule has 2 fully saturated rings. The fraction of sp³-hybridized carbons (Fsp3) is 0.650. The third-order valence-electron chi connectivity index (χ3n) is 6.36. The van der Waals surface area contributed by atoms with Crippen LogP contribution >= 0.6 is 0 Å². The first-order chi connectivity index (χ1) is 13.9. The summed E-state index contributed by atoms with van der Waals surface area (Å²) in [5, 5.41) is 18.6. The van der Waals surface area contributed by atoms with E-state index in [1.165, 1.54) is 0 Å². The van der Waals surface area contributed by atoms with Gasteiger partial charge in [-0.15, -0.1) is 0 Å². The van der Waals surface area contributed by atoms with Crippen molar-refractivity contribution < 1.29 is 14.6 Å². The summed E-state index contributed by atoms with van der Waals surface area (Å²) < 4.78 is 7.86. The molecule has 9 nitrogen and oxygen atoms in total. The minimum absolute atomic E-state index is 0.257. The number of ether oxygens (including phenoxy) is 1. The van der Waals surface area contributed by atoms with Crippen molar-refractivity contribution in [2.45, 2.75) is 63.4 Å². The van der Waals surface area contributed by atoms with Crippen LogP contribution in [0.15, 0.2) is 24.8 Å². The largest absolute Gasteiger partial charge is 0.388 e. The molecule has 2 aliphatic rings. The second-order valence-corrected chi connectivity index (χ2v) is 8.35. The summed E-state index contributed by atoms with van der Waals surface area (Å²) in [6.45, 7) is 7.55. The summed E-state index contributed by atoms with van der Waals surface area (Å²) in [6, 6.07) is 1.71. The zero-order valence-electron chi connectivity index (χ0n) is 17.1. The van der Waals surface area contributed by atoms with Gasteiger partial charge in [0.25, 0.3) is 5.91 Å². The number of aromatic amines is 1. The van der Waals surface area contributed by atoms with E-state index < -0.39 is 17.2 Å². The van der Waals surface area contributed by atoms with Gasteiger partial charge in [-0.1, -0.05) is 0 Å². The molecule has 2 aromatic heterocycles. The molecule has 1 spiro atoms.